The molecule has 0 spiro atoms. The monoisotopic (exact) mass is 382 g/mol. The Bertz CT molecular complexity index is 1090. The van der Waals surface area contributed by atoms with Crippen molar-refractivity contribution < 1.29 is 39.6 Å². The number of carbonyl (C=O) groups is 4. The van der Waals surface area contributed by atoms with Crippen molar-refractivity contribution >= 4 is 29.5 Å². The second kappa shape index (κ2) is 6.66. The van der Waals surface area contributed by atoms with Gasteiger partial charge < -0.3 is 20.4 Å². The molecule has 3 rings (SSSR count). The van der Waals surface area contributed by atoms with Crippen molar-refractivity contribution in [1.29, 1.82) is 0 Å². The molecule has 8 nitrogen and oxygen atoms in total. The van der Waals surface area contributed by atoms with Gasteiger partial charge in [-0.1, -0.05) is 18.2 Å². The van der Waals surface area contributed by atoms with Crippen molar-refractivity contribution in [3.63, 3.8) is 0 Å². The van der Waals surface area contributed by atoms with E-state index in [0.717, 1.165) is 6.07 Å². The van der Waals surface area contributed by atoms with E-state index in [2.05, 4.69) is 0 Å². The maximum atomic E-state index is 11.8. The van der Waals surface area contributed by atoms with Gasteiger partial charge in [-0.3, -0.25) is 0 Å². The SMILES string of the molecule is CC1=CC(c2ccc(C(=O)O)c(C(=O)O)c2)c2c1ccc(C(=O)O)c2C(=O)O. The highest BCUT2D eigenvalue weighted by Crippen LogP contribution is 2.43. The largest absolute Gasteiger partial charge is 0.478 e. The van der Waals surface area contributed by atoms with E-state index in [-0.39, 0.29) is 16.7 Å². The highest BCUT2D eigenvalue weighted by molar-refractivity contribution is 6.05. The molecule has 0 saturated carbocycles. The standard InChI is InChI=1S/C20H14O8/c1-8-6-13(9-2-3-11(17(21)22)14(7-9)19(25)26)15-10(8)4-5-12(18(23)24)16(15)20(27)28/h2-7,13H,1H3,(H,21,22)(H,23,24)(H,25,26)(H,27,28). The Morgan fingerprint density at radius 1 is 0.750 bits per heavy atom. The smallest absolute Gasteiger partial charge is 0.336 e. The number of allylic oxidation sites excluding steroid dienone is 2. The molecule has 142 valence electrons. The number of hydrogen-bond acceptors (Lipinski definition) is 4. The molecule has 1 unspecified atom stereocenters. The molecule has 2 aromatic rings. The van der Waals surface area contributed by atoms with E-state index in [1.807, 2.05) is 0 Å². The number of rotatable bonds is 5. The average molecular weight is 382 g/mol. The second-order valence-corrected chi connectivity index (χ2v) is 6.30. The van der Waals surface area contributed by atoms with Crippen molar-refractivity contribution in [1.82, 2.24) is 0 Å². The molecule has 4 N–H and O–H groups in total. The van der Waals surface area contributed by atoms with Gasteiger partial charge in [0.15, 0.2) is 0 Å². The highest BCUT2D eigenvalue weighted by atomic mass is 16.4. The van der Waals surface area contributed by atoms with Crippen LogP contribution in [0.3, 0.4) is 0 Å². The second-order valence-electron chi connectivity index (χ2n) is 6.30. The van der Waals surface area contributed by atoms with Crippen LogP contribution in [0.25, 0.3) is 5.57 Å². The third kappa shape index (κ3) is 2.90. The molecule has 0 amide bonds. The van der Waals surface area contributed by atoms with E-state index < -0.39 is 40.9 Å². The Labute approximate surface area is 158 Å². The molecular weight excluding hydrogens is 368 g/mol. The molecule has 2 aromatic carbocycles. The first-order valence-corrected chi connectivity index (χ1v) is 8.06. The Balaban J connectivity index is 2.28. The Morgan fingerprint density at radius 2 is 1.32 bits per heavy atom. The Morgan fingerprint density at radius 3 is 1.86 bits per heavy atom. The molecule has 1 aliphatic carbocycles. The van der Waals surface area contributed by atoms with Crippen LogP contribution in [-0.2, 0) is 0 Å². The molecule has 0 aliphatic heterocycles. The molecule has 1 aliphatic rings. The molecule has 0 bridgehead atoms. The van der Waals surface area contributed by atoms with Crippen LogP contribution in [0.1, 0.15) is 71.0 Å². The molecular formula is C20H14O8. The third-order valence-electron chi connectivity index (χ3n) is 4.71. The lowest BCUT2D eigenvalue weighted by atomic mass is 9.85. The van der Waals surface area contributed by atoms with E-state index in [4.69, 9.17) is 5.11 Å². The predicted octanol–water partition coefficient (Wildman–Crippen LogP) is 3.03. The van der Waals surface area contributed by atoms with Gasteiger partial charge in [-0.2, -0.15) is 0 Å². The molecule has 1 atom stereocenters. The first kappa shape index (κ1) is 18.8. The van der Waals surface area contributed by atoms with Crippen molar-refractivity contribution in [2.75, 3.05) is 0 Å². The van der Waals surface area contributed by atoms with E-state index in [9.17, 15) is 34.5 Å². The van der Waals surface area contributed by atoms with Crippen LogP contribution < -0.4 is 0 Å². The zero-order valence-electron chi connectivity index (χ0n) is 14.5. The van der Waals surface area contributed by atoms with Crippen molar-refractivity contribution in [2.24, 2.45) is 0 Å². The summed E-state index contributed by atoms with van der Waals surface area (Å²) >= 11 is 0. The minimum atomic E-state index is -1.43. The summed E-state index contributed by atoms with van der Waals surface area (Å²) < 4.78 is 0. The van der Waals surface area contributed by atoms with E-state index in [1.54, 1.807) is 13.0 Å². The van der Waals surface area contributed by atoms with Crippen molar-refractivity contribution in [3.05, 3.63) is 75.4 Å². The topological polar surface area (TPSA) is 149 Å². The predicted molar refractivity (Wildman–Crippen MR) is 96.2 cm³/mol. The summed E-state index contributed by atoms with van der Waals surface area (Å²) in [5.41, 5.74) is 0.269. The lowest BCUT2D eigenvalue weighted by Gasteiger charge is -2.17. The molecule has 8 heteroatoms. The van der Waals surface area contributed by atoms with Gasteiger partial charge in [-0.25, -0.2) is 19.2 Å². The zero-order chi connectivity index (χ0) is 20.7. The number of aromatic carboxylic acids is 4. The van der Waals surface area contributed by atoms with Gasteiger partial charge in [0.2, 0.25) is 0 Å². The molecule has 0 heterocycles. The van der Waals surface area contributed by atoms with E-state index >= 15 is 0 Å². The zero-order valence-corrected chi connectivity index (χ0v) is 14.5. The summed E-state index contributed by atoms with van der Waals surface area (Å²) in [5, 5.41) is 37.5. The fraction of sp³-hybridized carbons (Fsp3) is 0.100. The maximum Gasteiger partial charge on any atom is 0.336 e. The first-order chi connectivity index (χ1) is 13.1. The summed E-state index contributed by atoms with van der Waals surface area (Å²) in [6.07, 6.45) is 1.70. The van der Waals surface area contributed by atoms with Gasteiger partial charge in [-0.05, 0) is 47.4 Å². The van der Waals surface area contributed by atoms with Crippen LogP contribution in [0.5, 0.6) is 0 Å². The molecule has 0 saturated heterocycles. The van der Waals surface area contributed by atoms with Gasteiger partial charge in [0.1, 0.15) is 0 Å². The number of benzene rings is 2. The lowest BCUT2D eigenvalue weighted by Crippen LogP contribution is -2.15. The fourth-order valence-electron chi connectivity index (χ4n) is 3.50. The van der Waals surface area contributed by atoms with Crippen LogP contribution in [-0.4, -0.2) is 44.3 Å². The van der Waals surface area contributed by atoms with Crippen LogP contribution in [0.4, 0.5) is 0 Å². The molecule has 0 aromatic heterocycles. The number of carboxylic acids is 4. The van der Waals surface area contributed by atoms with Crippen molar-refractivity contribution in [3.8, 4) is 0 Å². The van der Waals surface area contributed by atoms with Crippen LogP contribution >= 0.6 is 0 Å². The van der Waals surface area contributed by atoms with Gasteiger partial charge in [-0.15, -0.1) is 0 Å². The number of carboxylic acid groups (broad SMARTS) is 4. The summed E-state index contributed by atoms with van der Waals surface area (Å²) in [5.74, 6) is -6.36. The average Bonchev–Trinajstić information content (AvgIpc) is 2.96. The third-order valence-corrected chi connectivity index (χ3v) is 4.71. The normalized spacial score (nSPS) is 14.9. The minimum Gasteiger partial charge on any atom is -0.478 e. The summed E-state index contributed by atoms with van der Waals surface area (Å²) in [6.45, 7) is 1.73. The molecule has 28 heavy (non-hydrogen) atoms. The van der Waals surface area contributed by atoms with Crippen LogP contribution in [0, 0.1) is 0 Å². The number of hydrogen-bond donors (Lipinski definition) is 4. The van der Waals surface area contributed by atoms with E-state index in [0.29, 0.717) is 16.7 Å². The first-order valence-electron chi connectivity index (χ1n) is 8.06. The maximum absolute atomic E-state index is 11.8. The van der Waals surface area contributed by atoms with Crippen LogP contribution in [0.2, 0.25) is 0 Å². The van der Waals surface area contributed by atoms with Gasteiger partial charge >= 0.3 is 23.9 Å². The van der Waals surface area contributed by atoms with Gasteiger partial charge in [0, 0.05) is 5.92 Å². The summed E-state index contributed by atoms with van der Waals surface area (Å²) in [6, 6.07) is 6.46. The van der Waals surface area contributed by atoms with Gasteiger partial charge in [0.25, 0.3) is 0 Å². The van der Waals surface area contributed by atoms with Gasteiger partial charge in [0.05, 0.1) is 22.3 Å². The van der Waals surface area contributed by atoms with Crippen molar-refractivity contribution in [2.45, 2.75) is 12.8 Å². The highest BCUT2D eigenvalue weighted by Gasteiger charge is 2.32. The summed E-state index contributed by atoms with van der Waals surface area (Å²) in [4.78, 5) is 46.0. The Kier molecular flexibility index (Phi) is 4.48. The van der Waals surface area contributed by atoms with Crippen LogP contribution in [0.15, 0.2) is 36.4 Å². The fourth-order valence-corrected chi connectivity index (χ4v) is 3.50. The summed E-state index contributed by atoms with van der Waals surface area (Å²) in [7, 11) is 0. The molecule has 0 radical (unpaired) electrons. The molecule has 0 fully saturated rings. The quantitative estimate of drug-likeness (QED) is 0.616. The lowest BCUT2D eigenvalue weighted by molar-refractivity contribution is 0.0650. The Hall–Kier alpha value is -3.94. The minimum absolute atomic E-state index is 0.240. The number of fused-ring (bicyclic) bond motifs is 1. The van der Waals surface area contributed by atoms with E-state index in [1.165, 1.54) is 24.3 Å².